The number of sulfonamides is 1. The number of nitrogens with zero attached hydrogens (tertiary/aromatic N) is 1. The van der Waals surface area contributed by atoms with Crippen LogP contribution < -0.4 is 4.72 Å². The molecule has 0 amide bonds. The van der Waals surface area contributed by atoms with Gasteiger partial charge in [-0.2, -0.15) is 0 Å². The van der Waals surface area contributed by atoms with Crippen molar-refractivity contribution in [1.29, 1.82) is 0 Å². The minimum Gasteiger partial charge on any atom is -0.261 e. The van der Waals surface area contributed by atoms with Gasteiger partial charge < -0.3 is 0 Å². The van der Waals surface area contributed by atoms with Crippen molar-refractivity contribution in [2.24, 2.45) is 0 Å². The normalized spacial score (nSPS) is 10.9. The molecule has 1 rings (SSSR count). The minimum absolute atomic E-state index is 0.0363. The van der Waals surface area contributed by atoms with Gasteiger partial charge in [0, 0.05) is 31.3 Å². The van der Waals surface area contributed by atoms with E-state index in [9.17, 15) is 8.42 Å². The van der Waals surface area contributed by atoms with Crippen LogP contribution in [0.4, 0.5) is 0 Å². The van der Waals surface area contributed by atoms with Crippen LogP contribution in [0, 0.1) is 12.3 Å². The van der Waals surface area contributed by atoms with E-state index in [1.54, 1.807) is 18.3 Å². The van der Waals surface area contributed by atoms with Crippen LogP contribution >= 0.6 is 0 Å². The molecule has 86 valence electrons. The molecule has 1 heterocycles. The summed E-state index contributed by atoms with van der Waals surface area (Å²) in [5.41, 5.74) is 0.768. The van der Waals surface area contributed by atoms with E-state index in [0.717, 1.165) is 5.69 Å². The quantitative estimate of drug-likeness (QED) is 0.582. The van der Waals surface area contributed by atoms with Crippen LogP contribution in [0.2, 0.25) is 0 Å². The van der Waals surface area contributed by atoms with E-state index in [4.69, 9.17) is 6.42 Å². The van der Waals surface area contributed by atoms with E-state index in [1.807, 2.05) is 6.07 Å². The van der Waals surface area contributed by atoms with E-state index in [1.165, 1.54) is 0 Å². The average molecular weight is 238 g/mol. The van der Waals surface area contributed by atoms with Gasteiger partial charge in [0.05, 0.1) is 5.75 Å². The molecular weight excluding hydrogens is 224 g/mol. The van der Waals surface area contributed by atoms with E-state index in [0.29, 0.717) is 19.4 Å². The smallest absolute Gasteiger partial charge is 0.212 e. The highest BCUT2D eigenvalue weighted by Gasteiger charge is 2.09. The van der Waals surface area contributed by atoms with Gasteiger partial charge in [-0.15, -0.1) is 12.3 Å². The second-order valence-corrected chi connectivity index (χ2v) is 5.16. The Hall–Kier alpha value is -1.38. The van der Waals surface area contributed by atoms with Gasteiger partial charge >= 0.3 is 0 Å². The van der Waals surface area contributed by atoms with Crippen LogP contribution in [-0.2, 0) is 16.4 Å². The zero-order valence-corrected chi connectivity index (χ0v) is 9.70. The monoisotopic (exact) mass is 238 g/mol. The fourth-order valence-electron chi connectivity index (χ4n) is 1.14. The summed E-state index contributed by atoms with van der Waals surface area (Å²) in [7, 11) is -3.24. The van der Waals surface area contributed by atoms with E-state index < -0.39 is 10.0 Å². The molecule has 0 radical (unpaired) electrons. The molecule has 0 aliphatic heterocycles. The Labute approximate surface area is 96.2 Å². The molecule has 1 aromatic rings. The Morgan fingerprint density at radius 3 is 2.88 bits per heavy atom. The summed E-state index contributed by atoms with van der Waals surface area (Å²) < 4.78 is 25.4. The highest BCUT2D eigenvalue weighted by atomic mass is 32.2. The maximum absolute atomic E-state index is 11.5. The van der Waals surface area contributed by atoms with Crippen LogP contribution in [0.15, 0.2) is 24.4 Å². The third kappa shape index (κ3) is 4.91. The van der Waals surface area contributed by atoms with Crippen molar-refractivity contribution in [1.82, 2.24) is 9.71 Å². The maximum Gasteiger partial charge on any atom is 0.212 e. The van der Waals surface area contributed by atoms with Crippen LogP contribution in [0.1, 0.15) is 12.1 Å². The Kier molecular flexibility index (Phi) is 4.96. The number of terminal acetylenes is 1. The second-order valence-electron chi connectivity index (χ2n) is 3.24. The zero-order chi connectivity index (χ0) is 11.9. The van der Waals surface area contributed by atoms with Crippen LogP contribution in [0.5, 0.6) is 0 Å². The molecule has 0 unspecified atom stereocenters. The molecule has 0 bridgehead atoms. The largest absolute Gasteiger partial charge is 0.261 e. The van der Waals surface area contributed by atoms with Gasteiger partial charge in [-0.3, -0.25) is 4.98 Å². The topological polar surface area (TPSA) is 59.1 Å². The molecular formula is C11H14N2O2S. The number of aromatic nitrogens is 1. The molecule has 0 aromatic carbocycles. The van der Waals surface area contributed by atoms with E-state index in [-0.39, 0.29) is 5.75 Å². The van der Waals surface area contributed by atoms with Gasteiger partial charge in [0.2, 0.25) is 10.0 Å². The minimum atomic E-state index is -3.24. The molecule has 1 N–H and O–H groups in total. The summed E-state index contributed by atoms with van der Waals surface area (Å²) in [5.74, 6) is 2.41. The summed E-state index contributed by atoms with van der Waals surface area (Å²) in [5, 5.41) is 0. The molecule has 4 nitrogen and oxygen atoms in total. The van der Waals surface area contributed by atoms with Crippen molar-refractivity contribution >= 4 is 10.0 Å². The first kappa shape index (κ1) is 12.7. The molecule has 0 fully saturated rings. The Morgan fingerprint density at radius 1 is 1.44 bits per heavy atom. The fourth-order valence-corrected chi connectivity index (χ4v) is 2.17. The molecule has 0 saturated carbocycles. The first-order valence-electron chi connectivity index (χ1n) is 4.95. The van der Waals surface area contributed by atoms with E-state index >= 15 is 0 Å². The molecule has 0 atom stereocenters. The predicted octanol–water partition coefficient (Wildman–Crippen LogP) is 0.567. The number of aryl methyl sites for hydroxylation is 1. The first-order valence-corrected chi connectivity index (χ1v) is 6.60. The number of pyridine rings is 1. The number of nitrogens with one attached hydrogen (secondary N) is 1. The maximum atomic E-state index is 11.5. The molecule has 0 saturated heterocycles. The van der Waals surface area contributed by atoms with Crippen molar-refractivity contribution in [2.75, 3.05) is 12.3 Å². The Balaban J connectivity index is 2.40. The lowest BCUT2D eigenvalue weighted by atomic mass is 10.3. The van der Waals surface area contributed by atoms with Crippen LogP contribution in [0.3, 0.4) is 0 Å². The van der Waals surface area contributed by atoms with Crippen LogP contribution in [0.25, 0.3) is 0 Å². The zero-order valence-electron chi connectivity index (χ0n) is 8.89. The van der Waals surface area contributed by atoms with Gasteiger partial charge in [0.15, 0.2) is 0 Å². The summed E-state index contributed by atoms with van der Waals surface area (Å²) in [6, 6.07) is 5.43. The Bertz CT molecular complexity index is 449. The SMILES string of the molecule is C#CCCNS(=O)(=O)CCc1ccccn1. The molecule has 0 aliphatic carbocycles. The van der Waals surface area contributed by atoms with E-state index in [2.05, 4.69) is 15.6 Å². The number of hydrogen-bond donors (Lipinski definition) is 1. The summed E-state index contributed by atoms with van der Waals surface area (Å²) in [4.78, 5) is 4.05. The lowest BCUT2D eigenvalue weighted by Crippen LogP contribution is -2.28. The number of rotatable bonds is 6. The predicted molar refractivity (Wildman–Crippen MR) is 63.2 cm³/mol. The van der Waals surface area contributed by atoms with Gasteiger partial charge in [0.1, 0.15) is 0 Å². The van der Waals surface area contributed by atoms with Gasteiger partial charge in [-0.25, -0.2) is 13.1 Å². The number of hydrogen-bond acceptors (Lipinski definition) is 3. The molecule has 1 aromatic heterocycles. The van der Waals surface area contributed by atoms with Crippen molar-refractivity contribution < 1.29 is 8.42 Å². The lowest BCUT2D eigenvalue weighted by molar-refractivity contribution is 0.581. The van der Waals surface area contributed by atoms with Gasteiger partial charge in [0.25, 0.3) is 0 Å². The highest BCUT2D eigenvalue weighted by Crippen LogP contribution is 1.97. The third-order valence-corrected chi connectivity index (χ3v) is 3.33. The molecule has 0 aliphatic rings. The summed E-state index contributed by atoms with van der Waals surface area (Å²) >= 11 is 0. The summed E-state index contributed by atoms with van der Waals surface area (Å²) in [6.45, 7) is 0.293. The third-order valence-electron chi connectivity index (χ3n) is 1.94. The first-order chi connectivity index (χ1) is 7.64. The lowest BCUT2D eigenvalue weighted by Gasteiger charge is -2.04. The standard InChI is InChI=1S/C11H14N2O2S/c1-2-3-9-13-16(14,15)10-7-11-6-4-5-8-12-11/h1,4-6,8,13H,3,7,9-10H2. The van der Waals surface area contributed by atoms with Crippen molar-refractivity contribution in [3.63, 3.8) is 0 Å². The molecule has 5 heteroatoms. The Morgan fingerprint density at radius 2 is 2.25 bits per heavy atom. The van der Waals surface area contributed by atoms with Gasteiger partial charge in [-0.1, -0.05) is 6.07 Å². The summed E-state index contributed by atoms with van der Waals surface area (Å²) in [6.07, 6.45) is 7.49. The fraction of sp³-hybridized carbons (Fsp3) is 0.364. The van der Waals surface area contributed by atoms with Crippen molar-refractivity contribution in [2.45, 2.75) is 12.8 Å². The van der Waals surface area contributed by atoms with Crippen LogP contribution in [-0.4, -0.2) is 25.7 Å². The average Bonchev–Trinajstić information content (AvgIpc) is 2.28. The molecule has 0 spiro atoms. The second kappa shape index (κ2) is 6.26. The van der Waals surface area contributed by atoms with Crippen molar-refractivity contribution in [3.05, 3.63) is 30.1 Å². The molecule has 16 heavy (non-hydrogen) atoms. The highest BCUT2D eigenvalue weighted by molar-refractivity contribution is 7.89. The van der Waals surface area contributed by atoms with Gasteiger partial charge in [-0.05, 0) is 12.1 Å². The van der Waals surface area contributed by atoms with Crippen molar-refractivity contribution in [3.8, 4) is 12.3 Å².